The van der Waals surface area contributed by atoms with Crippen molar-refractivity contribution in [1.82, 2.24) is 19.7 Å². The smallest absolute Gasteiger partial charge is 0.233 e. The topological polar surface area (TPSA) is 64.2 Å². The van der Waals surface area contributed by atoms with Gasteiger partial charge in [-0.3, -0.25) is 9.36 Å². The third-order valence-electron chi connectivity index (χ3n) is 5.42. The maximum atomic E-state index is 12.8. The van der Waals surface area contributed by atoms with Crippen LogP contribution in [0.15, 0.2) is 58.3 Å². The average Bonchev–Trinajstić information content (AvgIpc) is 3.43. The number of nitrogens with zero attached hydrogens (tertiary/aromatic N) is 4. The van der Waals surface area contributed by atoms with Crippen LogP contribution in [0, 0.1) is 5.92 Å². The maximum absolute atomic E-state index is 12.8. The summed E-state index contributed by atoms with van der Waals surface area (Å²) in [5, 5.41) is 9.44. The van der Waals surface area contributed by atoms with E-state index in [9.17, 15) is 4.79 Å². The van der Waals surface area contributed by atoms with Gasteiger partial charge in [-0.15, -0.1) is 10.2 Å². The minimum absolute atomic E-state index is 0.182. The molecule has 1 fully saturated rings. The fraction of sp³-hybridized carbons (Fsp3) is 0.409. The second kappa shape index (κ2) is 9.31. The molecule has 3 aromatic rings. The zero-order valence-electron chi connectivity index (χ0n) is 16.7. The number of hydrogen-bond acceptors (Lipinski definition) is 5. The number of amides is 1. The number of hydrogen-bond donors (Lipinski definition) is 0. The van der Waals surface area contributed by atoms with Gasteiger partial charge in [0.15, 0.2) is 10.9 Å². The van der Waals surface area contributed by atoms with Gasteiger partial charge in [0.2, 0.25) is 11.7 Å². The molecule has 2 aromatic heterocycles. The van der Waals surface area contributed by atoms with E-state index in [1.807, 2.05) is 39.8 Å². The summed E-state index contributed by atoms with van der Waals surface area (Å²) < 4.78 is 7.57. The Bertz CT molecular complexity index is 924. The van der Waals surface area contributed by atoms with Crippen molar-refractivity contribution in [3.8, 4) is 11.6 Å². The molecule has 0 aliphatic carbocycles. The molecule has 1 unspecified atom stereocenters. The lowest BCUT2D eigenvalue weighted by Crippen LogP contribution is -2.40. The van der Waals surface area contributed by atoms with E-state index in [2.05, 4.69) is 29.3 Å². The number of likely N-dealkylation sites (tertiary alicyclic amines) is 1. The molecular formula is C22H26N4O2S. The summed E-state index contributed by atoms with van der Waals surface area (Å²) in [6.07, 6.45) is 5.09. The molecule has 0 radical (unpaired) electrons. The number of carbonyl (C=O) groups is 1. The van der Waals surface area contributed by atoms with Gasteiger partial charge in [0.25, 0.3) is 0 Å². The highest BCUT2D eigenvalue weighted by Gasteiger charge is 2.24. The molecule has 1 aliphatic heterocycles. The van der Waals surface area contributed by atoms with E-state index in [1.165, 1.54) is 18.2 Å². The van der Waals surface area contributed by atoms with E-state index in [-0.39, 0.29) is 5.91 Å². The average molecular weight is 411 g/mol. The quantitative estimate of drug-likeness (QED) is 0.543. The Morgan fingerprint density at radius 3 is 2.83 bits per heavy atom. The Balaban J connectivity index is 1.50. The molecule has 7 heteroatoms. The molecule has 1 aromatic carbocycles. The number of thioether (sulfide) groups is 1. The highest BCUT2D eigenvalue weighted by Crippen LogP contribution is 2.26. The lowest BCUT2D eigenvalue weighted by Gasteiger charge is -2.32. The van der Waals surface area contributed by atoms with Crippen molar-refractivity contribution in [3.63, 3.8) is 0 Å². The van der Waals surface area contributed by atoms with Crippen LogP contribution in [0.4, 0.5) is 0 Å². The Labute approximate surface area is 175 Å². The van der Waals surface area contributed by atoms with Gasteiger partial charge in [-0.05, 0) is 36.5 Å². The van der Waals surface area contributed by atoms with Gasteiger partial charge in [-0.2, -0.15) is 0 Å². The predicted molar refractivity (Wildman–Crippen MR) is 114 cm³/mol. The van der Waals surface area contributed by atoms with Gasteiger partial charge in [0, 0.05) is 13.1 Å². The molecule has 0 saturated carbocycles. The number of rotatable bonds is 7. The second-order valence-electron chi connectivity index (χ2n) is 7.40. The Morgan fingerprint density at radius 2 is 2.07 bits per heavy atom. The SMILES string of the molecule is CCC1CCCN(C(=O)CSc2nnc(-c3ccco3)n2Cc2ccccc2)C1. The second-order valence-corrected chi connectivity index (χ2v) is 8.34. The highest BCUT2D eigenvalue weighted by molar-refractivity contribution is 7.99. The van der Waals surface area contributed by atoms with Crippen molar-refractivity contribution in [1.29, 1.82) is 0 Å². The molecule has 0 spiro atoms. The number of aromatic nitrogens is 3. The van der Waals surface area contributed by atoms with Crippen LogP contribution >= 0.6 is 11.8 Å². The van der Waals surface area contributed by atoms with Crippen LogP contribution in [-0.2, 0) is 11.3 Å². The van der Waals surface area contributed by atoms with Crippen molar-refractivity contribution < 1.29 is 9.21 Å². The first-order valence-corrected chi connectivity index (χ1v) is 11.1. The highest BCUT2D eigenvalue weighted by atomic mass is 32.2. The number of piperidine rings is 1. The first kappa shape index (κ1) is 19.8. The zero-order valence-corrected chi connectivity index (χ0v) is 17.5. The Morgan fingerprint density at radius 1 is 1.21 bits per heavy atom. The van der Waals surface area contributed by atoms with Gasteiger partial charge < -0.3 is 9.32 Å². The van der Waals surface area contributed by atoms with E-state index >= 15 is 0 Å². The molecule has 4 rings (SSSR count). The number of carbonyl (C=O) groups excluding carboxylic acids is 1. The molecule has 1 saturated heterocycles. The first-order chi connectivity index (χ1) is 14.2. The normalized spacial score (nSPS) is 16.9. The summed E-state index contributed by atoms with van der Waals surface area (Å²) >= 11 is 1.45. The Kier molecular flexibility index (Phi) is 6.34. The minimum Gasteiger partial charge on any atom is -0.461 e. The van der Waals surface area contributed by atoms with Crippen LogP contribution in [0.2, 0.25) is 0 Å². The van der Waals surface area contributed by atoms with Gasteiger partial charge >= 0.3 is 0 Å². The van der Waals surface area contributed by atoms with E-state index < -0.39 is 0 Å². The molecular weight excluding hydrogens is 384 g/mol. The van der Waals surface area contributed by atoms with Crippen molar-refractivity contribution in [3.05, 3.63) is 54.3 Å². The predicted octanol–water partition coefficient (Wildman–Crippen LogP) is 4.33. The summed E-state index contributed by atoms with van der Waals surface area (Å²) in [5.41, 5.74) is 1.15. The lowest BCUT2D eigenvalue weighted by atomic mass is 9.96. The molecule has 29 heavy (non-hydrogen) atoms. The van der Waals surface area contributed by atoms with Crippen LogP contribution in [0.5, 0.6) is 0 Å². The van der Waals surface area contributed by atoms with Crippen LogP contribution in [0.25, 0.3) is 11.6 Å². The summed E-state index contributed by atoms with van der Waals surface area (Å²) in [5.74, 6) is 2.54. The van der Waals surface area contributed by atoms with E-state index in [1.54, 1.807) is 6.26 Å². The van der Waals surface area contributed by atoms with Crippen LogP contribution in [0.1, 0.15) is 31.7 Å². The van der Waals surface area contributed by atoms with Crippen molar-refractivity contribution >= 4 is 17.7 Å². The monoisotopic (exact) mass is 410 g/mol. The fourth-order valence-corrected chi connectivity index (χ4v) is 4.58. The summed E-state index contributed by atoms with van der Waals surface area (Å²) in [4.78, 5) is 14.8. The van der Waals surface area contributed by atoms with Crippen molar-refractivity contribution in [2.45, 2.75) is 37.9 Å². The summed E-state index contributed by atoms with van der Waals surface area (Å²) in [7, 11) is 0. The fourth-order valence-electron chi connectivity index (χ4n) is 3.73. The van der Waals surface area contributed by atoms with Gasteiger partial charge in [-0.1, -0.05) is 55.4 Å². The van der Waals surface area contributed by atoms with Gasteiger partial charge in [0.1, 0.15) is 0 Å². The molecule has 6 nitrogen and oxygen atoms in total. The van der Waals surface area contributed by atoms with Crippen LogP contribution < -0.4 is 0 Å². The summed E-state index contributed by atoms with van der Waals surface area (Å²) in [6.45, 7) is 4.58. The largest absolute Gasteiger partial charge is 0.461 e. The summed E-state index contributed by atoms with van der Waals surface area (Å²) in [6, 6.07) is 13.9. The standard InChI is InChI=1S/C22H26N4O2S/c1-2-17-10-6-12-25(14-17)20(27)16-29-22-24-23-21(19-11-7-13-28-19)26(22)15-18-8-4-3-5-9-18/h3-5,7-9,11,13,17H,2,6,10,12,14-16H2,1H3. The van der Waals surface area contributed by atoms with Gasteiger partial charge in [-0.25, -0.2) is 0 Å². The van der Waals surface area contributed by atoms with Crippen molar-refractivity contribution in [2.24, 2.45) is 5.92 Å². The zero-order chi connectivity index (χ0) is 20.1. The van der Waals surface area contributed by atoms with Crippen LogP contribution in [-0.4, -0.2) is 44.4 Å². The van der Waals surface area contributed by atoms with E-state index in [0.29, 0.717) is 29.8 Å². The number of benzene rings is 1. The van der Waals surface area contributed by atoms with Gasteiger partial charge in [0.05, 0.1) is 18.6 Å². The van der Waals surface area contributed by atoms with E-state index in [4.69, 9.17) is 4.42 Å². The van der Waals surface area contributed by atoms with Crippen molar-refractivity contribution in [2.75, 3.05) is 18.8 Å². The third-order valence-corrected chi connectivity index (χ3v) is 6.37. The number of furan rings is 1. The third kappa shape index (κ3) is 4.72. The molecule has 0 N–H and O–H groups in total. The van der Waals surface area contributed by atoms with Crippen LogP contribution in [0.3, 0.4) is 0 Å². The van der Waals surface area contributed by atoms with E-state index in [0.717, 1.165) is 36.7 Å². The molecule has 3 heterocycles. The maximum Gasteiger partial charge on any atom is 0.233 e. The molecule has 1 atom stereocenters. The minimum atomic E-state index is 0.182. The Hall–Kier alpha value is -2.54. The molecule has 0 bridgehead atoms. The lowest BCUT2D eigenvalue weighted by molar-refractivity contribution is -0.130. The molecule has 1 amide bonds. The molecule has 152 valence electrons. The molecule has 1 aliphatic rings. The first-order valence-electron chi connectivity index (χ1n) is 10.2.